The van der Waals surface area contributed by atoms with Gasteiger partial charge < -0.3 is 5.32 Å². The lowest BCUT2D eigenvalue weighted by molar-refractivity contribution is 0.562. The summed E-state index contributed by atoms with van der Waals surface area (Å²) < 4.78 is 23.3. The Balaban J connectivity index is 1.81. The molecule has 1 aliphatic rings. The summed E-state index contributed by atoms with van der Waals surface area (Å²) in [4.78, 5) is 4.27. The molecule has 7 heteroatoms. The molecule has 1 unspecified atom stereocenters. The van der Waals surface area contributed by atoms with E-state index in [2.05, 4.69) is 20.5 Å². The molecule has 0 spiro atoms. The van der Waals surface area contributed by atoms with Crippen LogP contribution in [0.5, 0.6) is 0 Å². The summed E-state index contributed by atoms with van der Waals surface area (Å²) in [5.74, 6) is 0.476. The molecule has 0 aromatic carbocycles. The first-order chi connectivity index (χ1) is 9.64. The molecule has 0 amide bonds. The van der Waals surface area contributed by atoms with Crippen LogP contribution >= 0.6 is 0 Å². The summed E-state index contributed by atoms with van der Waals surface area (Å²) >= 11 is 0. The van der Waals surface area contributed by atoms with Gasteiger partial charge in [-0.3, -0.25) is 10.1 Å². The van der Waals surface area contributed by atoms with E-state index in [9.17, 15) is 8.42 Å². The normalized spacial score (nSPS) is 21.5. The van der Waals surface area contributed by atoms with Crippen molar-refractivity contribution >= 4 is 15.5 Å². The average Bonchev–Trinajstić information content (AvgIpc) is 2.87. The number of H-pyrrole nitrogens is 1. The summed E-state index contributed by atoms with van der Waals surface area (Å²) in [6, 6.07) is 5.57. The topological polar surface area (TPSA) is 87.7 Å². The van der Waals surface area contributed by atoms with Gasteiger partial charge in [-0.2, -0.15) is 5.10 Å². The molecule has 6 nitrogen and oxygen atoms in total. The molecule has 2 N–H and O–H groups in total. The fraction of sp³-hybridized carbons (Fsp3) is 0.385. The second-order valence-electron chi connectivity index (χ2n) is 4.97. The lowest BCUT2D eigenvalue weighted by atomic mass is 10.1. The van der Waals surface area contributed by atoms with Crippen LogP contribution in [0.2, 0.25) is 0 Å². The predicted octanol–water partition coefficient (Wildman–Crippen LogP) is 1.46. The molecule has 1 aliphatic heterocycles. The Morgan fingerprint density at radius 2 is 2.25 bits per heavy atom. The molecule has 3 heterocycles. The number of rotatable bonds is 3. The molecule has 1 atom stereocenters. The van der Waals surface area contributed by atoms with E-state index in [4.69, 9.17) is 0 Å². The number of pyridine rings is 1. The minimum atomic E-state index is -2.92. The van der Waals surface area contributed by atoms with Gasteiger partial charge in [0, 0.05) is 12.2 Å². The monoisotopic (exact) mass is 292 g/mol. The van der Waals surface area contributed by atoms with Gasteiger partial charge in [0.05, 0.1) is 29.1 Å². The van der Waals surface area contributed by atoms with E-state index < -0.39 is 9.84 Å². The van der Waals surface area contributed by atoms with Crippen molar-refractivity contribution in [3.8, 4) is 11.4 Å². The summed E-state index contributed by atoms with van der Waals surface area (Å²) in [6.45, 7) is 0. The van der Waals surface area contributed by atoms with Crippen LogP contribution in [0.3, 0.4) is 0 Å². The van der Waals surface area contributed by atoms with Crippen molar-refractivity contribution < 1.29 is 8.42 Å². The van der Waals surface area contributed by atoms with E-state index in [0.29, 0.717) is 12.2 Å². The summed E-state index contributed by atoms with van der Waals surface area (Å²) in [5, 5.41) is 10.2. The highest BCUT2D eigenvalue weighted by atomic mass is 32.2. The van der Waals surface area contributed by atoms with E-state index >= 15 is 0 Å². The van der Waals surface area contributed by atoms with Crippen LogP contribution in [-0.4, -0.2) is 41.1 Å². The van der Waals surface area contributed by atoms with Crippen molar-refractivity contribution in [2.75, 3.05) is 16.8 Å². The highest BCUT2D eigenvalue weighted by molar-refractivity contribution is 7.91. The second kappa shape index (κ2) is 5.24. The van der Waals surface area contributed by atoms with E-state index in [1.165, 1.54) is 0 Å². The van der Waals surface area contributed by atoms with Crippen molar-refractivity contribution in [2.24, 2.45) is 0 Å². The summed E-state index contributed by atoms with van der Waals surface area (Å²) in [5.41, 5.74) is 2.37. The lowest BCUT2D eigenvalue weighted by Crippen LogP contribution is -2.34. The third-order valence-corrected chi connectivity index (χ3v) is 5.20. The number of hydrogen-bond donors (Lipinski definition) is 2. The molecule has 2 aromatic heterocycles. The predicted molar refractivity (Wildman–Crippen MR) is 77.1 cm³/mol. The number of hydrogen-bond acceptors (Lipinski definition) is 5. The van der Waals surface area contributed by atoms with Crippen LogP contribution < -0.4 is 5.32 Å². The molecular weight excluding hydrogens is 276 g/mol. The first kappa shape index (κ1) is 13.1. The standard InChI is InChI=1S/C13H16N4O2S/c18-20(19)7-3-4-10(9-20)16-12-8-15-17-13(12)11-5-1-2-6-14-11/h1-2,5-6,8,10,16H,3-4,7,9H2,(H,15,17). The van der Waals surface area contributed by atoms with Crippen molar-refractivity contribution in [1.29, 1.82) is 0 Å². The molecule has 0 bridgehead atoms. The van der Waals surface area contributed by atoms with Gasteiger partial charge in [0.15, 0.2) is 9.84 Å². The highest BCUT2D eigenvalue weighted by Gasteiger charge is 2.25. The quantitative estimate of drug-likeness (QED) is 0.894. The van der Waals surface area contributed by atoms with Crippen LogP contribution in [0.4, 0.5) is 5.69 Å². The number of sulfone groups is 1. The van der Waals surface area contributed by atoms with E-state index in [1.54, 1.807) is 12.4 Å². The van der Waals surface area contributed by atoms with Crippen molar-refractivity contribution in [3.05, 3.63) is 30.6 Å². The highest BCUT2D eigenvalue weighted by Crippen LogP contribution is 2.25. The van der Waals surface area contributed by atoms with E-state index in [1.807, 2.05) is 18.2 Å². The molecular formula is C13H16N4O2S. The molecule has 0 saturated carbocycles. The van der Waals surface area contributed by atoms with Gasteiger partial charge in [-0.25, -0.2) is 8.42 Å². The van der Waals surface area contributed by atoms with E-state index in [0.717, 1.165) is 23.5 Å². The summed E-state index contributed by atoms with van der Waals surface area (Å²) in [7, 11) is -2.92. The zero-order valence-electron chi connectivity index (χ0n) is 10.9. The number of aromatic nitrogens is 3. The Morgan fingerprint density at radius 3 is 3.00 bits per heavy atom. The molecule has 0 radical (unpaired) electrons. The van der Waals surface area contributed by atoms with E-state index in [-0.39, 0.29) is 11.8 Å². The van der Waals surface area contributed by atoms with Crippen LogP contribution in [0.25, 0.3) is 11.4 Å². The zero-order valence-corrected chi connectivity index (χ0v) is 11.7. The Hall–Kier alpha value is -1.89. The Kier molecular flexibility index (Phi) is 3.43. The maximum absolute atomic E-state index is 11.7. The maximum atomic E-state index is 11.7. The first-order valence-electron chi connectivity index (χ1n) is 6.56. The van der Waals surface area contributed by atoms with Crippen LogP contribution in [-0.2, 0) is 9.84 Å². The summed E-state index contributed by atoms with van der Waals surface area (Å²) in [6.07, 6.45) is 4.94. The molecule has 3 rings (SSSR count). The number of aromatic amines is 1. The van der Waals surface area contributed by atoms with Crippen molar-refractivity contribution in [3.63, 3.8) is 0 Å². The number of nitrogens with one attached hydrogen (secondary N) is 2. The lowest BCUT2D eigenvalue weighted by Gasteiger charge is -2.23. The van der Waals surface area contributed by atoms with Gasteiger partial charge in [-0.1, -0.05) is 6.07 Å². The Bertz CT molecular complexity index is 681. The van der Waals surface area contributed by atoms with Gasteiger partial charge in [0.1, 0.15) is 5.69 Å². The molecule has 2 aromatic rings. The van der Waals surface area contributed by atoms with Gasteiger partial charge in [-0.05, 0) is 25.0 Å². The van der Waals surface area contributed by atoms with Gasteiger partial charge >= 0.3 is 0 Å². The smallest absolute Gasteiger partial charge is 0.152 e. The minimum Gasteiger partial charge on any atom is -0.378 e. The second-order valence-corrected chi connectivity index (χ2v) is 7.20. The minimum absolute atomic E-state index is 0.0613. The number of anilines is 1. The molecule has 0 aliphatic carbocycles. The Morgan fingerprint density at radius 1 is 1.35 bits per heavy atom. The fourth-order valence-electron chi connectivity index (χ4n) is 2.46. The van der Waals surface area contributed by atoms with Gasteiger partial charge in [0.25, 0.3) is 0 Å². The zero-order chi connectivity index (χ0) is 14.0. The first-order valence-corrected chi connectivity index (χ1v) is 8.38. The van der Waals surface area contributed by atoms with Crippen molar-refractivity contribution in [2.45, 2.75) is 18.9 Å². The molecule has 1 fully saturated rings. The van der Waals surface area contributed by atoms with Crippen LogP contribution in [0.1, 0.15) is 12.8 Å². The maximum Gasteiger partial charge on any atom is 0.152 e. The Labute approximate surface area is 117 Å². The molecule has 20 heavy (non-hydrogen) atoms. The molecule has 106 valence electrons. The van der Waals surface area contributed by atoms with Crippen LogP contribution in [0, 0.1) is 0 Å². The molecule has 1 saturated heterocycles. The van der Waals surface area contributed by atoms with Gasteiger partial charge in [0.2, 0.25) is 0 Å². The average molecular weight is 292 g/mol. The van der Waals surface area contributed by atoms with Crippen LogP contribution in [0.15, 0.2) is 30.6 Å². The third-order valence-electron chi connectivity index (χ3n) is 3.38. The number of nitrogens with zero attached hydrogens (tertiary/aromatic N) is 2. The fourth-order valence-corrected chi connectivity index (χ4v) is 4.09. The van der Waals surface area contributed by atoms with Gasteiger partial charge in [-0.15, -0.1) is 0 Å². The third kappa shape index (κ3) is 2.82. The largest absolute Gasteiger partial charge is 0.378 e. The van der Waals surface area contributed by atoms with Crippen molar-refractivity contribution in [1.82, 2.24) is 15.2 Å². The SMILES string of the molecule is O=S1(=O)CCCC(Nc2cn[nH]c2-c2ccccn2)C1.